The Labute approximate surface area is 117 Å². The number of nitrogens with one attached hydrogen (secondary N) is 1. The Morgan fingerprint density at radius 2 is 2.11 bits per heavy atom. The lowest BCUT2D eigenvalue weighted by Crippen LogP contribution is -2.42. The summed E-state index contributed by atoms with van der Waals surface area (Å²) < 4.78 is 25.9. The Hall–Kier alpha value is -0.780. The highest BCUT2D eigenvalue weighted by atomic mass is 35.5. The predicted molar refractivity (Wildman–Crippen MR) is 71.6 cm³/mol. The van der Waals surface area contributed by atoms with Gasteiger partial charge in [0.25, 0.3) is 5.92 Å². The summed E-state index contributed by atoms with van der Waals surface area (Å²) in [6, 6.07) is 3.60. The molecule has 0 unspecified atom stereocenters. The number of hydrogen-bond acceptors (Lipinski definition) is 3. The molecule has 0 bridgehead atoms. The standard InChI is InChI=1S/C13H18ClF2N3/c14-11-2-1-5-18-12(11)10-17-6-9-19-7-3-13(15,16)4-8-19/h1-2,5,17H,3-4,6-10H2. The van der Waals surface area contributed by atoms with Crippen LogP contribution in [0.3, 0.4) is 0 Å². The van der Waals surface area contributed by atoms with E-state index in [-0.39, 0.29) is 12.8 Å². The summed E-state index contributed by atoms with van der Waals surface area (Å²) in [5, 5.41) is 3.88. The Morgan fingerprint density at radius 3 is 2.79 bits per heavy atom. The fourth-order valence-corrected chi connectivity index (χ4v) is 2.28. The third-order valence-corrected chi connectivity index (χ3v) is 3.66. The smallest absolute Gasteiger partial charge is 0.250 e. The summed E-state index contributed by atoms with van der Waals surface area (Å²) in [7, 11) is 0. The zero-order chi connectivity index (χ0) is 13.7. The average Bonchev–Trinajstić information content (AvgIpc) is 2.38. The van der Waals surface area contributed by atoms with E-state index in [1.54, 1.807) is 18.3 Å². The van der Waals surface area contributed by atoms with E-state index in [0.29, 0.717) is 24.7 Å². The molecule has 106 valence electrons. The fourth-order valence-electron chi connectivity index (χ4n) is 2.10. The van der Waals surface area contributed by atoms with Gasteiger partial charge in [0.15, 0.2) is 0 Å². The van der Waals surface area contributed by atoms with Gasteiger partial charge in [-0.15, -0.1) is 0 Å². The number of aromatic nitrogens is 1. The van der Waals surface area contributed by atoms with Crippen LogP contribution in [0.5, 0.6) is 0 Å². The van der Waals surface area contributed by atoms with Crippen molar-refractivity contribution in [2.24, 2.45) is 0 Å². The fraction of sp³-hybridized carbons (Fsp3) is 0.615. The zero-order valence-electron chi connectivity index (χ0n) is 10.7. The highest BCUT2D eigenvalue weighted by Gasteiger charge is 2.33. The number of nitrogens with zero attached hydrogens (tertiary/aromatic N) is 2. The average molecular weight is 290 g/mol. The van der Waals surface area contributed by atoms with Gasteiger partial charge >= 0.3 is 0 Å². The molecule has 0 saturated carbocycles. The zero-order valence-corrected chi connectivity index (χ0v) is 11.5. The first-order chi connectivity index (χ1) is 9.07. The van der Waals surface area contributed by atoms with E-state index in [1.807, 2.05) is 0 Å². The van der Waals surface area contributed by atoms with Crippen molar-refractivity contribution in [2.45, 2.75) is 25.3 Å². The lowest BCUT2D eigenvalue weighted by atomic mass is 10.1. The molecule has 0 atom stereocenters. The molecular weight excluding hydrogens is 272 g/mol. The van der Waals surface area contributed by atoms with Crippen molar-refractivity contribution in [1.82, 2.24) is 15.2 Å². The molecule has 3 nitrogen and oxygen atoms in total. The molecule has 1 aliphatic heterocycles. The van der Waals surface area contributed by atoms with Crippen molar-refractivity contribution >= 4 is 11.6 Å². The number of halogens is 3. The Balaban J connectivity index is 1.64. The molecule has 1 aromatic heterocycles. The Kier molecular flexibility index (Phi) is 5.07. The van der Waals surface area contributed by atoms with Crippen molar-refractivity contribution in [2.75, 3.05) is 26.2 Å². The molecule has 0 radical (unpaired) electrons. The van der Waals surface area contributed by atoms with Crippen LogP contribution in [-0.4, -0.2) is 42.0 Å². The van der Waals surface area contributed by atoms with E-state index in [1.165, 1.54) is 0 Å². The molecule has 1 N–H and O–H groups in total. The van der Waals surface area contributed by atoms with Crippen LogP contribution >= 0.6 is 11.6 Å². The maximum Gasteiger partial charge on any atom is 0.250 e. The summed E-state index contributed by atoms with van der Waals surface area (Å²) in [6.07, 6.45) is 1.65. The maximum atomic E-state index is 13.0. The van der Waals surface area contributed by atoms with Crippen molar-refractivity contribution in [3.8, 4) is 0 Å². The van der Waals surface area contributed by atoms with Crippen LogP contribution in [0.25, 0.3) is 0 Å². The van der Waals surface area contributed by atoms with E-state index in [4.69, 9.17) is 11.6 Å². The van der Waals surface area contributed by atoms with Gasteiger partial charge in [-0.25, -0.2) is 8.78 Å². The molecule has 0 aromatic carbocycles. The summed E-state index contributed by atoms with van der Waals surface area (Å²) in [5.74, 6) is -2.47. The van der Waals surface area contributed by atoms with E-state index in [2.05, 4.69) is 15.2 Å². The number of rotatable bonds is 5. The van der Waals surface area contributed by atoms with Crippen LogP contribution in [0, 0.1) is 0 Å². The molecule has 1 aliphatic rings. The van der Waals surface area contributed by atoms with E-state index in [0.717, 1.165) is 18.8 Å². The minimum Gasteiger partial charge on any atom is -0.310 e. The second kappa shape index (κ2) is 6.59. The van der Waals surface area contributed by atoms with Crippen LogP contribution in [0.4, 0.5) is 8.78 Å². The van der Waals surface area contributed by atoms with E-state index >= 15 is 0 Å². The first kappa shape index (κ1) is 14.6. The van der Waals surface area contributed by atoms with Crippen molar-refractivity contribution in [3.63, 3.8) is 0 Å². The summed E-state index contributed by atoms with van der Waals surface area (Å²) >= 11 is 5.99. The quantitative estimate of drug-likeness (QED) is 0.845. The molecule has 0 amide bonds. The van der Waals surface area contributed by atoms with Gasteiger partial charge in [-0.1, -0.05) is 11.6 Å². The highest BCUT2D eigenvalue weighted by molar-refractivity contribution is 6.31. The normalized spacial score (nSPS) is 19.5. The third-order valence-electron chi connectivity index (χ3n) is 3.32. The minimum absolute atomic E-state index is 0.0287. The Morgan fingerprint density at radius 1 is 1.37 bits per heavy atom. The van der Waals surface area contributed by atoms with Crippen LogP contribution in [0.15, 0.2) is 18.3 Å². The molecule has 19 heavy (non-hydrogen) atoms. The van der Waals surface area contributed by atoms with Gasteiger partial charge in [-0.05, 0) is 12.1 Å². The molecule has 1 fully saturated rings. The minimum atomic E-state index is -2.47. The lowest BCUT2D eigenvalue weighted by molar-refractivity contribution is -0.0547. The van der Waals surface area contributed by atoms with Gasteiger partial charge in [-0.3, -0.25) is 4.98 Å². The molecular formula is C13H18ClF2N3. The molecule has 0 spiro atoms. The van der Waals surface area contributed by atoms with Crippen molar-refractivity contribution in [3.05, 3.63) is 29.0 Å². The highest BCUT2D eigenvalue weighted by Crippen LogP contribution is 2.27. The summed E-state index contributed by atoms with van der Waals surface area (Å²) in [5.41, 5.74) is 0.814. The third kappa shape index (κ3) is 4.67. The molecule has 2 rings (SSSR count). The Bertz CT molecular complexity index is 405. The molecule has 0 aliphatic carbocycles. The van der Waals surface area contributed by atoms with Gasteiger partial charge < -0.3 is 10.2 Å². The van der Waals surface area contributed by atoms with Gasteiger partial charge in [0, 0.05) is 51.8 Å². The first-order valence-corrected chi connectivity index (χ1v) is 6.85. The maximum absolute atomic E-state index is 13.0. The largest absolute Gasteiger partial charge is 0.310 e. The number of hydrogen-bond donors (Lipinski definition) is 1. The number of piperidine rings is 1. The van der Waals surface area contributed by atoms with Crippen LogP contribution in [-0.2, 0) is 6.54 Å². The summed E-state index contributed by atoms with van der Waals surface area (Å²) in [4.78, 5) is 6.23. The van der Waals surface area contributed by atoms with Crippen molar-refractivity contribution in [1.29, 1.82) is 0 Å². The van der Waals surface area contributed by atoms with E-state index in [9.17, 15) is 8.78 Å². The topological polar surface area (TPSA) is 28.2 Å². The number of pyridine rings is 1. The summed E-state index contributed by atoms with van der Waals surface area (Å²) in [6.45, 7) is 3.07. The second-order valence-corrected chi connectivity index (χ2v) is 5.21. The monoisotopic (exact) mass is 289 g/mol. The molecule has 2 heterocycles. The second-order valence-electron chi connectivity index (χ2n) is 4.81. The van der Waals surface area contributed by atoms with Crippen LogP contribution < -0.4 is 5.32 Å². The van der Waals surface area contributed by atoms with Crippen molar-refractivity contribution < 1.29 is 8.78 Å². The van der Waals surface area contributed by atoms with Gasteiger partial charge in [0.2, 0.25) is 0 Å². The molecule has 1 saturated heterocycles. The predicted octanol–water partition coefficient (Wildman–Crippen LogP) is 2.56. The lowest BCUT2D eigenvalue weighted by Gasteiger charge is -2.31. The first-order valence-electron chi connectivity index (χ1n) is 6.47. The van der Waals surface area contributed by atoms with Gasteiger partial charge in [0.1, 0.15) is 0 Å². The SMILES string of the molecule is FC1(F)CCN(CCNCc2ncccc2Cl)CC1. The van der Waals surface area contributed by atoms with Gasteiger partial charge in [0.05, 0.1) is 10.7 Å². The van der Waals surface area contributed by atoms with Crippen LogP contribution in [0.1, 0.15) is 18.5 Å². The van der Waals surface area contributed by atoms with Crippen LogP contribution in [0.2, 0.25) is 5.02 Å². The van der Waals surface area contributed by atoms with E-state index < -0.39 is 5.92 Å². The molecule has 6 heteroatoms. The number of alkyl halides is 2. The number of likely N-dealkylation sites (tertiary alicyclic amines) is 1. The molecule has 1 aromatic rings. The van der Waals surface area contributed by atoms with Gasteiger partial charge in [-0.2, -0.15) is 0 Å².